The van der Waals surface area contributed by atoms with Crippen molar-refractivity contribution in [3.63, 3.8) is 0 Å². The van der Waals surface area contributed by atoms with Gasteiger partial charge >= 0.3 is 0 Å². The minimum Gasteiger partial charge on any atom is -0.491 e. The Morgan fingerprint density at radius 2 is 1.89 bits per heavy atom. The Morgan fingerprint density at radius 3 is 2.67 bits per heavy atom. The van der Waals surface area contributed by atoms with Gasteiger partial charge in [-0.15, -0.1) is 11.3 Å². The summed E-state index contributed by atoms with van der Waals surface area (Å²) in [5.41, 5.74) is 2.77. The standard InChI is InChI=1S/C28H30N2O5S/c1-18(2)30(28(32)20-6-9-24-25(14-20)35-17-34-24)15-27(31)29-12-10-26-22(11-13-36-26)23(29)16-33-21-7-4-19(3)5-8-21/h4-9,11,13-14,18,23H,10,12,15-17H2,1-3H3/t23-/m1/s1. The van der Waals surface area contributed by atoms with Gasteiger partial charge in [0.15, 0.2) is 11.5 Å². The van der Waals surface area contributed by atoms with E-state index in [4.69, 9.17) is 14.2 Å². The van der Waals surface area contributed by atoms with E-state index in [9.17, 15) is 9.59 Å². The van der Waals surface area contributed by atoms with Gasteiger partial charge in [-0.2, -0.15) is 0 Å². The molecule has 0 aliphatic carbocycles. The van der Waals surface area contributed by atoms with E-state index in [2.05, 4.69) is 11.4 Å². The molecule has 188 valence electrons. The van der Waals surface area contributed by atoms with Gasteiger partial charge in [-0.1, -0.05) is 17.7 Å². The van der Waals surface area contributed by atoms with Gasteiger partial charge in [0.1, 0.15) is 18.9 Å². The van der Waals surface area contributed by atoms with Crippen molar-refractivity contribution in [2.45, 2.75) is 39.3 Å². The van der Waals surface area contributed by atoms with Gasteiger partial charge in [-0.3, -0.25) is 9.59 Å². The predicted octanol–water partition coefficient (Wildman–Crippen LogP) is 4.84. The highest BCUT2D eigenvalue weighted by atomic mass is 32.1. The Hall–Kier alpha value is -3.52. The molecule has 0 saturated heterocycles. The zero-order valence-corrected chi connectivity index (χ0v) is 21.5. The molecule has 0 spiro atoms. The van der Waals surface area contributed by atoms with E-state index in [0.717, 1.165) is 23.3 Å². The second-order valence-corrected chi connectivity index (χ2v) is 10.4. The highest BCUT2D eigenvalue weighted by molar-refractivity contribution is 7.10. The highest BCUT2D eigenvalue weighted by Crippen LogP contribution is 2.35. The van der Waals surface area contributed by atoms with Gasteiger partial charge < -0.3 is 24.0 Å². The number of nitrogens with zero attached hydrogens (tertiary/aromatic N) is 2. The lowest BCUT2D eigenvalue weighted by molar-refractivity contribution is -0.136. The predicted molar refractivity (Wildman–Crippen MR) is 138 cm³/mol. The van der Waals surface area contributed by atoms with Gasteiger partial charge in [0.05, 0.1) is 6.04 Å². The molecule has 0 saturated carbocycles. The third-order valence-electron chi connectivity index (χ3n) is 6.65. The van der Waals surface area contributed by atoms with Crippen LogP contribution in [0.3, 0.4) is 0 Å². The Bertz CT molecular complexity index is 1250. The lowest BCUT2D eigenvalue weighted by atomic mass is 10.00. The van der Waals surface area contributed by atoms with Crippen LogP contribution >= 0.6 is 11.3 Å². The maximum atomic E-state index is 13.7. The number of thiophene rings is 1. The topological polar surface area (TPSA) is 68.3 Å². The van der Waals surface area contributed by atoms with Gasteiger partial charge in [0, 0.05) is 23.0 Å². The lowest BCUT2D eigenvalue weighted by Crippen LogP contribution is -2.49. The zero-order chi connectivity index (χ0) is 25.2. The average Bonchev–Trinajstić information content (AvgIpc) is 3.55. The molecule has 36 heavy (non-hydrogen) atoms. The molecule has 0 N–H and O–H groups in total. The molecule has 8 heteroatoms. The molecule has 1 aromatic heterocycles. The molecule has 2 aliphatic heterocycles. The van der Waals surface area contributed by atoms with Crippen LogP contribution in [0.5, 0.6) is 17.2 Å². The first-order valence-electron chi connectivity index (χ1n) is 12.2. The zero-order valence-electron chi connectivity index (χ0n) is 20.7. The number of hydrogen-bond acceptors (Lipinski definition) is 6. The van der Waals surface area contributed by atoms with E-state index in [1.54, 1.807) is 34.4 Å². The fraction of sp³-hybridized carbons (Fsp3) is 0.357. The average molecular weight is 507 g/mol. The SMILES string of the molecule is Cc1ccc(OC[C@@H]2c3ccsc3CCN2C(=O)CN(C(=O)c2ccc3c(c2)OCO3)C(C)C)cc1. The molecule has 7 nitrogen and oxygen atoms in total. The summed E-state index contributed by atoms with van der Waals surface area (Å²) in [6.07, 6.45) is 0.803. The van der Waals surface area contributed by atoms with E-state index < -0.39 is 0 Å². The fourth-order valence-electron chi connectivity index (χ4n) is 4.61. The van der Waals surface area contributed by atoms with Gasteiger partial charge in [-0.25, -0.2) is 0 Å². The molecular weight excluding hydrogens is 476 g/mol. The summed E-state index contributed by atoms with van der Waals surface area (Å²) in [5, 5.41) is 2.07. The van der Waals surface area contributed by atoms with E-state index in [0.29, 0.717) is 30.2 Å². The number of amides is 2. The normalized spacial score (nSPS) is 16.1. The minimum atomic E-state index is -0.211. The summed E-state index contributed by atoms with van der Waals surface area (Å²) >= 11 is 1.72. The molecule has 2 aliphatic rings. The lowest BCUT2D eigenvalue weighted by Gasteiger charge is -2.37. The summed E-state index contributed by atoms with van der Waals surface area (Å²) in [4.78, 5) is 31.9. The first kappa shape index (κ1) is 24.2. The summed E-state index contributed by atoms with van der Waals surface area (Å²) < 4.78 is 16.9. The van der Waals surface area contributed by atoms with Crippen LogP contribution in [-0.2, 0) is 11.2 Å². The van der Waals surface area contributed by atoms with Crippen LogP contribution in [0.1, 0.15) is 46.3 Å². The molecule has 0 bridgehead atoms. The summed E-state index contributed by atoms with van der Waals surface area (Å²) in [5.74, 6) is 1.64. The molecule has 2 amide bonds. The molecule has 0 radical (unpaired) electrons. The van der Waals surface area contributed by atoms with Gasteiger partial charge in [0.25, 0.3) is 5.91 Å². The highest BCUT2D eigenvalue weighted by Gasteiger charge is 2.34. The van der Waals surface area contributed by atoms with Crippen molar-refractivity contribution >= 4 is 23.2 Å². The molecule has 0 unspecified atom stereocenters. The summed E-state index contributed by atoms with van der Waals surface area (Å²) in [6, 6.07) is 14.8. The molecule has 0 fully saturated rings. The second kappa shape index (κ2) is 10.2. The third-order valence-corrected chi connectivity index (χ3v) is 7.65. The number of hydrogen-bond donors (Lipinski definition) is 0. The van der Waals surface area contributed by atoms with Crippen LogP contribution in [0.4, 0.5) is 0 Å². The second-order valence-electron chi connectivity index (χ2n) is 9.37. The third kappa shape index (κ3) is 4.91. The molecule has 3 aromatic rings. The first-order valence-corrected chi connectivity index (χ1v) is 13.0. The maximum Gasteiger partial charge on any atom is 0.254 e. The van der Waals surface area contributed by atoms with Crippen molar-refractivity contribution in [2.24, 2.45) is 0 Å². The van der Waals surface area contributed by atoms with Crippen LogP contribution < -0.4 is 14.2 Å². The monoisotopic (exact) mass is 506 g/mol. The van der Waals surface area contributed by atoms with E-state index >= 15 is 0 Å². The fourth-order valence-corrected chi connectivity index (χ4v) is 5.53. The summed E-state index contributed by atoms with van der Waals surface area (Å²) in [7, 11) is 0. The molecule has 3 heterocycles. The Labute approximate surface area is 215 Å². The Kier molecular flexibility index (Phi) is 6.87. The number of ether oxygens (including phenoxy) is 3. The van der Waals surface area contributed by atoms with Crippen LogP contribution in [0.25, 0.3) is 0 Å². The Morgan fingerprint density at radius 1 is 1.11 bits per heavy atom. The molecule has 2 aromatic carbocycles. The van der Waals surface area contributed by atoms with Crippen molar-refractivity contribution in [3.8, 4) is 17.2 Å². The van der Waals surface area contributed by atoms with Crippen molar-refractivity contribution in [3.05, 3.63) is 75.5 Å². The van der Waals surface area contributed by atoms with Crippen LogP contribution in [0.2, 0.25) is 0 Å². The quantitative estimate of drug-likeness (QED) is 0.459. The smallest absolute Gasteiger partial charge is 0.254 e. The van der Waals surface area contributed by atoms with Crippen molar-refractivity contribution in [1.29, 1.82) is 0 Å². The Balaban J connectivity index is 1.34. The first-order chi connectivity index (χ1) is 17.4. The molecule has 5 rings (SSSR count). The minimum absolute atomic E-state index is 0.00849. The van der Waals surface area contributed by atoms with Crippen molar-refractivity contribution in [2.75, 3.05) is 26.5 Å². The van der Waals surface area contributed by atoms with Crippen molar-refractivity contribution < 1.29 is 23.8 Å². The van der Waals surface area contributed by atoms with Crippen LogP contribution in [0.15, 0.2) is 53.9 Å². The number of benzene rings is 2. The number of fused-ring (bicyclic) bond motifs is 2. The van der Waals surface area contributed by atoms with E-state index in [1.165, 1.54) is 4.88 Å². The van der Waals surface area contributed by atoms with E-state index in [1.807, 2.05) is 49.9 Å². The van der Waals surface area contributed by atoms with E-state index in [-0.39, 0.29) is 37.2 Å². The van der Waals surface area contributed by atoms with Crippen LogP contribution in [-0.4, -0.2) is 54.1 Å². The molecular formula is C28H30N2O5S. The summed E-state index contributed by atoms with van der Waals surface area (Å²) in [6.45, 7) is 6.96. The maximum absolute atomic E-state index is 13.7. The van der Waals surface area contributed by atoms with Crippen LogP contribution in [0, 0.1) is 6.92 Å². The number of carbonyl (C=O) groups is 2. The number of carbonyl (C=O) groups excluding carboxylic acids is 2. The van der Waals surface area contributed by atoms with Gasteiger partial charge in [-0.05, 0) is 74.5 Å². The largest absolute Gasteiger partial charge is 0.491 e. The van der Waals surface area contributed by atoms with Crippen molar-refractivity contribution in [1.82, 2.24) is 9.80 Å². The molecule has 1 atom stereocenters. The number of aryl methyl sites for hydroxylation is 1. The van der Waals surface area contributed by atoms with Gasteiger partial charge in [0.2, 0.25) is 12.7 Å². The number of rotatable bonds is 7.